The van der Waals surface area contributed by atoms with Crippen LogP contribution in [0.2, 0.25) is 0 Å². The number of amidine groups is 1. The minimum atomic E-state index is -0.0273. The molecule has 28 heavy (non-hydrogen) atoms. The summed E-state index contributed by atoms with van der Waals surface area (Å²) in [5.74, 6) is 1.22. The van der Waals surface area contributed by atoms with E-state index >= 15 is 0 Å². The van der Waals surface area contributed by atoms with Gasteiger partial charge in [-0.15, -0.1) is 0 Å². The number of nitrogens with zero attached hydrogens (tertiary/aromatic N) is 2. The fourth-order valence-electron chi connectivity index (χ4n) is 2.62. The summed E-state index contributed by atoms with van der Waals surface area (Å²) in [5, 5.41) is 0.747. The SMILES string of the molecule is C=CCOc1c(Br)cc(/C=C2/SC(=NC(C)C)N(C(C)C)C2=O)cc1OCC. The lowest BCUT2D eigenvalue weighted by atomic mass is 10.1. The van der Waals surface area contributed by atoms with Gasteiger partial charge in [0.05, 0.1) is 16.0 Å². The molecule has 1 heterocycles. The van der Waals surface area contributed by atoms with Crippen molar-refractivity contribution in [3.63, 3.8) is 0 Å². The van der Waals surface area contributed by atoms with E-state index in [-0.39, 0.29) is 18.0 Å². The Morgan fingerprint density at radius 1 is 1.29 bits per heavy atom. The van der Waals surface area contributed by atoms with E-state index in [1.165, 1.54) is 11.8 Å². The quantitative estimate of drug-likeness (QED) is 0.374. The van der Waals surface area contributed by atoms with E-state index in [1.54, 1.807) is 11.0 Å². The molecule has 1 saturated heterocycles. The number of hydrogen-bond donors (Lipinski definition) is 0. The highest BCUT2D eigenvalue weighted by Crippen LogP contribution is 2.39. The van der Waals surface area contributed by atoms with Gasteiger partial charge in [0.25, 0.3) is 5.91 Å². The third kappa shape index (κ3) is 5.41. The van der Waals surface area contributed by atoms with E-state index < -0.39 is 0 Å². The van der Waals surface area contributed by atoms with Crippen LogP contribution in [0.3, 0.4) is 0 Å². The van der Waals surface area contributed by atoms with Crippen LogP contribution in [0, 0.1) is 0 Å². The van der Waals surface area contributed by atoms with Gasteiger partial charge in [-0.2, -0.15) is 0 Å². The second-order valence-electron chi connectivity index (χ2n) is 6.75. The average molecular weight is 467 g/mol. The monoisotopic (exact) mass is 466 g/mol. The smallest absolute Gasteiger partial charge is 0.266 e. The van der Waals surface area contributed by atoms with Crippen molar-refractivity contribution in [1.82, 2.24) is 4.90 Å². The number of halogens is 1. The van der Waals surface area contributed by atoms with Gasteiger partial charge in [0, 0.05) is 12.1 Å². The maximum atomic E-state index is 12.9. The van der Waals surface area contributed by atoms with Gasteiger partial charge in [0.2, 0.25) is 0 Å². The molecule has 0 aliphatic carbocycles. The second kappa shape index (κ2) is 10.2. The summed E-state index contributed by atoms with van der Waals surface area (Å²) in [6.07, 6.45) is 3.55. The van der Waals surface area contributed by atoms with Crippen molar-refractivity contribution in [2.75, 3.05) is 13.2 Å². The average Bonchev–Trinajstić information content (AvgIpc) is 2.89. The summed E-state index contributed by atoms with van der Waals surface area (Å²) < 4.78 is 12.2. The number of hydrogen-bond acceptors (Lipinski definition) is 5. The molecule has 7 heteroatoms. The molecule has 152 valence electrons. The molecule has 1 aliphatic heterocycles. The predicted octanol–water partition coefficient (Wildman–Crippen LogP) is 5.50. The first-order valence-electron chi connectivity index (χ1n) is 9.29. The molecule has 0 atom stereocenters. The van der Waals surface area contributed by atoms with Crippen LogP contribution < -0.4 is 9.47 Å². The lowest BCUT2D eigenvalue weighted by Crippen LogP contribution is -2.35. The Labute approximate surface area is 180 Å². The van der Waals surface area contributed by atoms with Gasteiger partial charge in [-0.3, -0.25) is 14.7 Å². The zero-order chi connectivity index (χ0) is 20.8. The Hall–Kier alpha value is -1.73. The minimum Gasteiger partial charge on any atom is -0.490 e. The van der Waals surface area contributed by atoms with Crippen molar-refractivity contribution in [2.45, 2.75) is 46.7 Å². The second-order valence-corrected chi connectivity index (χ2v) is 8.61. The van der Waals surface area contributed by atoms with Crippen molar-refractivity contribution in [1.29, 1.82) is 0 Å². The molecule has 1 aromatic carbocycles. The number of carbonyl (C=O) groups is 1. The Bertz CT molecular complexity index is 803. The van der Waals surface area contributed by atoms with Crippen molar-refractivity contribution in [3.8, 4) is 11.5 Å². The van der Waals surface area contributed by atoms with E-state index in [9.17, 15) is 4.79 Å². The van der Waals surface area contributed by atoms with Crippen LogP contribution in [0.1, 0.15) is 40.2 Å². The van der Waals surface area contributed by atoms with Crippen LogP contribution >= 0.6 is 27.7 Å². The molecule has 1 aromatic rings. The van der Waals surface area contributed by atoms with Gasteiger partial charge in [-0.25, -0.2) is 0 Å². The fourth-order valence-corrected chi connectivity index (χ4v) is 4.43. The topological polar surface area (TPSA) is 51.1 Å². The number of aliphatic imine (C=N–C) groups is 1. The first-order chi connectivity index (χ1) is 13.3. The molecule has 5 nitrogen and oxygen atoms in total. The zero-order valence-electron chi connectivity index (χ0n) is 17.0. The summed E-state index contributed by atoms with van der Waals surface area (Å²) in [5.41, 5.74) is 0.853. The van der Waals surface area contributed by atoms with Crippen LogP contribution in [-0.2, 0) is 4.79 Å². The summed E-state index contributed by atoms with van der Waals surface area (Å²) >= 11 is 4.96. The number of benzene rings is 1. The van der Waals surface area contributed by atoms with E-state index in [2.05, 4.69) is 27.5 Å². The minimum absolute atomic E-state index is 0.0273. The molecular formula is C21H27BrN2O3S. The molecule has 1 aliphatic rings. The maximum absolute atomic E-state index is 12.9. The highest BCUT2D eigenvalue weighted by Gasteiger charge is 2.35. The van der Waals surface area contributed by atoms with E-state index in [1.807, 2.05) is 52.8 Å². The van der Waals surface area contributed by atoms with E-state index in [4.69, 9.17) is 9.47 Å². The Balaban J connectivity index is 2.43. The highest BCUT2D eigenvalue weighted by atomic mass is 79.9. The lowest BCUT2D eigenvalue weighted by molar-refractivity contribution is -0.123. The van der Waals surface area contributed by atoms with E-state index in [0.717, 1.165) is 15.2 Å². The standard InChI is InChI=1S/C21H27BrN2O3S/c1-7-9-27-19-16(22)10-15(11-17(19)26-8-2)12-18-20(25)24(14(5)6)21(28-18)23-13(3)4/h7,10-14H,1,8-9H2,2-6H3/b18-12+,23-21?. The Morgan fingerprint density at radius 2 is 2.00 bits per heavy atom. The van der Waals surface area contributed by atoms with Gasteiger partial charge in [0.15, 0.2) is 16.7 Å². The molecule has 1 fully saturated rings. The Morgan fingerprint density at radius 3 is 2.57 bits per heavy atom. The summed E-state index contributed by atoms with van der Waals surface area (Å²) in [6.45, 7) is 14.5. The van der Waals surface area contributed by atoms with Gasteiger partial charge in [-0.1, -0.05) is 12.7 Å². The molecule has 0 aromatic heterocycles. The molecule has 0 N–H and O–H groups in total. The Kier molecular flexibility index (Phi) is 8.19. The van der Waals surface area contributed by atoms with Gasteiger partial charge in [-0.05, 0) is 86.1 Å². The number of rotatable bonds is 8. The third-order valence-electron chi connectivity index (χ3n) is 3.70. The van der Waals surface area contributed by atoms with Crippen molar-refractivity contribution in [2.24, 2.45) is 4.99 Å². The van der Waals surface area contributed by atoms with E-state index in [0.29, 0.717) is 29.6 Å². The van der Waals surface area contributed by atoms with Gasteiger partial charge >= 0.3 is 0 Å². The number of thioether (sulfide) groups is 1. The van der Waals surface area contributed by atoms with Gasteiger partial charge < -0.3 is 9.47 Å². The summed E-state index contributed by atoms with van der Waals surface area (Å²) in [7, 11) is 0. The van der Waals surface area contributed by atoms with Crippen LogP contribution in [0.25, 0.3) is 6.08 Å². The first kappa shape index (κ1) is 22.6. The van der Waals surface area contributed by atoms with Crippen molar-refractivity contribution in [3.05, 3.63) is 39.7 Å². The first-order valence-corrected chi connectivity index (χ1v) is 10.9. The molecule has 0 unspecified atom stereocenters. The van der Waals surface area contributed by atoms with Crippen LogP contribution in [-0.4, -0.2) is 41.3 Å². The van der Waals surface area contributed by atoms with Crippen LogP contribution in [0.15, 0.2) is 39.2 Å². The molecular weight excluding hydrogens is 440 g/mol. The predicted molar refractivity (Wildman–Crippen MR) is 121 cm³/mol. The molecule has 1 amide bonds. The highest BCUT2D eigenvalue weighted by molar-refractivity contribution is 9.10. The van der Waals surface area contributed by atoms with Crippen molar-refractivity contribution < 1.29 is 14.3 Å². The zero-order valence-corrected chi connectivity index (χ0v) is 19.4. The normalized spacial score (nSPS) is 17.3. The molecule has 0 spiro atoms. The molecule has 0 bridgehead atoms. The third-order valence-corrected chi connectivity index (χ3v) is 5.28. The molecule has 2 rings (SSSR count). The number of amides is 1. The molecule has 0 radical (unpaired) electrons. The summed E-state index contributed by atoms with van der Waals surface area (Å²) in [4.78, 5) is 19.9. The van der Waals surface area contributed by atoms with Gasteiger partial charge in [0.1, 0.15) is 6.61 Å². The largest absolute Gasteiger partial charge is 0.490 e. The summed E-state index contributed by atoms with van der Waals surface area (Å²) in [6, 6.07) is 3.96. The maximum Gasteiger partial charge on any atom is 0.266 e. The fraction of sp³-hybridized carbons (Fsp3) is 0.429. The lowest BCUT2D eigenvalue weighted by Gasteiger charge is -2.20. The number of carbonyl (C=O) groups excluding carboxylic acids is 1. The van der Waals surface area contributed by atoms with Crippen LogP contribution in [0.4, 0.5) is 0 Å². The number of ether oxygens (including phenoxy) is 2. The van der Waals surface area contributed by atoms with Crippen molar-refractivity contribution >= 4 is 44.8 Å². The molecule has 0 saturated carbocycles. The van der Waals surface area contributed by atoms with Crippen LogP contribution in [0.5, 0.6) is 11.5 Å².